The SMILES string of the molecule is CC(C)CC[C@@H]1CCC[C@@H]1NCc1n[nH]c(=O)[nH]1. The molecule has 0 spiro atoms. The first-order valence-corrected chi connectivity index (χ1v) is 7.02. The van der Waals surface area contributed by atoms with Crippen LogP contribution in [0.1, 0.15) is 51.8 Å². The number of H-pyrrole nitrogens is 2. The Kier molecular flexibility index (Phi) is 4.58. The standard InChI is InChI=1S/C13H24N4O/c1-9(2)6-7-10-4-3-5-11(10)14-8-12-15-13(18)17-16-12/h9-11,14H,3-8H2,1-2H3,(H2,15,16,17,18)/t10-,11-/m0/s1. The number of aromatic amines is 2. The van der Waals surface area contributed by atoms with Crippen LogP contribution in [-0.2, 0) is 6.54 Å². The molecule has 1 saturated carbocycles. The number of hydrogen-bond donors (Lipinski definition) is 3. The largest absolute Gasteiger partial charge is 0.340 e. The van der Waals surface area contributed by atoms with Crippen molar-refractivity contribution in [3.05, 3.63) is 16.3 Å². The highest BCUT2D eigenvalue weighted by Gasteiger charge is 2.26. The average molecular weight is 252 g/mol. The Bertz CT molecular complexity index is 409. The minimum atomic E-state index is -0.227. The van der Waals surface area contributed by atoms with Gasteiger partial charge in [-0.2, -0.15) is 5.10 Å². The van der Waals surface area contributed by atoms with Crippen LogP contribution in [0.2, 0.25) is 0 Å². The molecule has 1 aromatic heterocycles. The monoisotopic (exact) mass is 252 g/mol. The van der Waals surface area contributed by atoms with Crippen LogP contribution < -0.4 is 11.0 Å². The molecule has 0 amide bonds. The second-order valence-electron chi connectivity index (χ2n) is 5.77. The third kappa shape index (κ3) is 3.70. The molecule has 1 aliphatic carbocycles. The molecular weight excluding hydrogens is 228 g/mol. The molecule has 0 aromatic carbocycles. The fraction of sp³-hybridized carbons (Fsp3) is 0.846. The second kappa shape index (κ2) is 6.18. The van der Waals surface area contributed by atoms with E-state index < -0.39 is 0 Å². The van der Waals surface area contributed by atoms with Crippen LogP contribution in [0.15, 0.2) is 4.79 Å². The molecule has 5 heteroatoms. The molecule has 0 aliphatic heterocycles. The summed E-state index contributed by atoms with van der Waals surface area (Å²) in [7, 11) is 0. The summed E-state index contributed by atoms with van der Waals surface area (Å²) >= 11 is 0. The summed E-state index contributed by atoms with van der Waals surface area (Å²) in [6, 6.07) is 0.587. The van der Waals surface area contributed by atoms with Gasteiger partial charge in [0.25, 0.3) is 0 Å². The Hall–Kier alpha value is -1.10. The van der Waals surface area contributed by atoms with E-state index in [1.165, 1.54) is 32.1 Å². The maximum Gasteiger partial charge on any atom is 0.340 e. The highest BCUT2D eigenvalue weighted by atomic mass is 16.1. The Labute approximate surface area is 108 Å². The van der Waals surface area contributed by atoms with Gasteiger partial charge in [0.05, 0.1) is 6.54 Å². The fourth-order valence-corrected chi connectivity index (χ4v) is 2.82. The highest BCUT2D eigenvalue weighted by Crippen LogP contribution is 2.30. The zero-order chi connectivity index (χ0) is 13.0. The number of nitrogens with one attached hydrogen (secondary N) is 3. The zero-order valence-corrected chi connectivity index (χ0v) is 11.3. The smallest absolute Gasteiger partial charge is 0.307 e. The van der Waals surface area contributed by atoms with Crippen molar-refractivity contribution in [2.24, 2.45) is 11.8 Å². The van der Waals surface area contributed by atoms with Gasteiger partial charge in [-0.15, -0.1) is 0 Å². The number of hydrogen-bond acceptors (Lipinski definition) is 3. The van der Waals surface area contributed by atoms with Crippen molar-refractivity contribution in [3.63, 3.8) is 0 Å². The van der Waals surface area contributed by atoms with Crippen molar-refractivity contribution in [2.75, 3.05) is 0 Å². The average Bonchev–Trinajstić information content (AvgIpc) is 2.92. The molecule has 3 N–H and O–H groups in total. The predicted octanol–water partition coefficient (Wildman–Crippen LogP) is 1.79. The van der Waals surface area contributed by atoms with Gasteiger partial charge in [-0.05, 0) is 31.1 Å². The molecule has 0 radical (unpaired) electrons. The van der Waals surface area contributed by atoms with E-state index in [0.717, 1.165) is 11.8 Å². The Morgan fingerprint density at radius 2 is 2.28 bits per heavy atom. The van der Waals surface area contributed by atoms with Crippen molar-refractivity contribution in [1.29, 1.82) is 0 Å². The molecule has 1 aromatic rings. The van der Waals surface area contributed by atoms with Gasteiger partial charge in [0.1, 0.15) is 5.82 Å². The molecule has 0 saturated heterocycles. The minimum Gasteiger partial charge on any atom is -0.307 e. The maximum atomic E-state index is 10.9. The molecule has 102 valence electrons. The van der Waals surface area contributed by atoms with Crippen LogP contribution in [-0.4, -0.2) is 21.2 Å². The number of aromatic nitrogens is 3. The molecule has 2 atom stereocenters. The molecule has 1 aliphatic rings. The summed E-state index contributed by atoms with van der Waals surface area (Å²) in [6.45, 7) is 5.22. The molecule has 18 heavy (non-hydrogen) atoms. The van der Waals surface area contributed by atoms with Crippen molar-refractivity contribution in [3.8, 4) is 0 Å². The zero-order valence-electron chi connectivity index (χ0n) is 11.3. The summed E-state index contributed by atoms with van der Waals surface area (Å²) in [6.07, 6.45) is 6.52. The van der Waals surface area contributed by atoms with E-state index in [2.05, 4.69) is 34.3 Å². The van der Waals surface area contributed by atoms with E-state index in [0.29, 0.717) is 18.4 Å². The third-order valence-electron chi connectivity index (χ3n) is 3.86. The first kappa shape index (κ1) is 13.3. The van der Waals surface area contributed by atoms with Crippen LogP contribution in [0.5, 0.6) is 0 Å². The number of rotatable bonds is 6. The van der Waals surface area contributed by atoms with Gasteiger partial charge in [-0.25, -0.2) is 9.89 Å². The molecule has 1 heterocycles. The van der Waals surface area contributed by atoms with E-state index in [1.807, 2.05) is 0 Å². The quantitative estimate of drug-likeness (QED) is 0.722. The Balaban J connectivity index is 1.78. The minimum absolute atomic E-state index is 0.227. The molecule has 1 fully saturated rings. The first-order chi connectivity index (χ1) is 8.65. The van der Waals surface area contributed by atoms with E-state index in [4.69, 9.17) is 0 Å². The third-order valence-corrected chi connectivity index (χ3v) is 3.86. The van der Waals surface area contributed by atoms with E-state index in [9.17, 15) is 4.79 Å². The first-order valence-electron chi connectivity index (χ1n) is 7.02. The molecule has 0 bridgehead atoms. The fourth-order valence-electron chi connectivity index (χ4n) is 2.82. The van der Waals surface area contributed by atoms with Gasteiger partial charge in [0.2, 0.25) is 0 Å². The van der Waals surface area contributed by atoms with Crippen LogP contribution >= 0.6 is 0 Å². The van der Waals surface area contributed by atoms with E-state index in [-0.39, 0.29) is 5.69 Å². The van der Waals surface area contributed by atoms with Gasteiger partial charge in [0, 0.05) is 6.04 Å². The molecule has 2 rings (SSSR count). The van der Waals surface area contributed by atoms with Crippen molar-refractivity contribution >= 4 is 0 Å². The molecule has 0 unspecified atom stereocenters. The molecular formula is C13H24N4O. The topological polar surface area (TPSA) is 73.6 Å². The van der Waals surface area contributed by atoms with Crippen molar-refractivity contribution in [2.45, 2.75) is 58.5 Å². The maximum absolute atomic E-state index is 10.9. The number of nitrogens with zero attached hydrogens (tertiary/aromatic N) is 1. The van der Waals surface area contributed by atoms with E-state index in [1.54, 1.807) is 0 Å². The van der Waals surface area contributed by atoms with Crippen molar-refractivity contribution in [1.82, 2.24) is 20.5 Å². The summed E-state index contributed by atoms with van der Waals surface area (Å²) in [5, 5.41) is 9.85. The Morgan fingerprint density at radius 3 is 2.94 bits per heavy atom. The summed E-state index contributed by atoms with van der Waals surface area (Å²) in [4.78, 5) is 13.6. The summed E-state index contributed by atoms with van der Waals surface area (Å²) in [5.41, 5.74) is -0.227. The molecule has 5 nitrogen and oxygen atoms in total. The van der Waals surface area contributed by atoms with Gasteiger partial charge < -0.3 is 5.32 Å². The highest BCUT2D eigenvalue weighted by molar-refractivity contribution is 4.87. The van der Waals surface area contributed by atoms with Gasteiger partial charge in [-0.1, -0.05) is 26.7 Å². The van der Waals surface area contributed by atoms with E-state index >= 15 is 0 Å². The summed E-state index contributed by atoms with van der Waals surface area (Å²) in [5.74, 6) is 2.28. The lowest BCUT2D eigenvalue weighted by molar-refractivity contribution is 0.348. The second-order valence-corrected chi connectivity index (χ2v) is 5.77. The van der Waals surface area contributed by atoms with Crippen LogP contribution in [0, 0.1) is 11.8 Å². The lowest BCUT2D eigenvalue weighted by Crippen LogP contribution is -2.32. The van der Waals surface area contributed by atoms with Crippen molar-refractivity contribution < 1.29 is 0 Å². The Morgan fingerprint density at radius 1 is 1.44 bits per heavy atom. The van der Waals surface area contributed by atoms with Crippen LogP contribution in [0.3, 0.4) is 0 Å². The van der Waals surface area contributed by atoms with Gasteiger partial charge in [-0.3, -0.25) is 4.98 Å². The predicted molar refractivity (Wildman–Crippen MR) is 71.2 cm³/mol. The van der Waals surface area contributed by atoms with Crippen LogP contribution in [0.4, 0.5) is 0 Å². The lowest BCUT2D eigenvalue weighted by atomic mass is 9.94. The normalized spacial score (nSPS) is 23.9. The van der Waals surface area contributed by atoms with Gasteiger partial charge >= 0.3 is 5.69 Å². The summed E-state index contributed by atoms with van der Waals surface area (Å²) < 4.78 is 0. The van der Waals surface area contributed by atoms with Crippen LogP contribution in [0.25, 0.3) is 0 Å². The van der Waals surface area contributed by atoms with Gasteiger partial charge in [0.15, 0.2) is 0 Å². The lowest BCUT2D eigenvalue weighted by Gasteiger charge is -2.21.